The normalized spacial score (nSPS) is 10.6. The minimum absolute atomic E-state index is 0.419. The van der Waals surface area contributed by atoms with E-state index in [1.165, 1.54) is 6.33 Å². The van der Waals surface area contributed by atoms with Crippen molar-refractivity contribution in [1.29, 1.82) is 0 Å². The van der Waals surface area contributed by atoms with Gasteiger partial charge in [-0.3, -0.25) is 0 Å². The summed E-state index contributed by atoms with van der Waals surface area (Å²) < 4.78 is 0. The van der Waals surface area contributed by atoms with Crippen LogP contribution in [-0.4, -0.2) is 19.9 Å². The lowest BCUT2D eigenvalue weighted by Gasteiger charge is -1.97. The molecule has 0 aliphatic rings. The first-order chi connectivity index (χ1) is 6.68. The maximum Gasteiger partial charge on any atom is 0.142 e. The Balaban J connectivity index is 2.61. The van der Waals surface area contributed by atoms with Gasteiger partial charge >= 0.3 is 0 Å². The molecule has 14 heavy (non-hydrogen) atoms. The number of hydrogen-bond donors (Lipinski definition) is 2. The maximum absolute atomic E-state index is 5.93. The average molecular weight is 227 g/mol. The number of halogens is 1. The minimum atomic E-state index is 0.419. The Hall–Kier alpha value is -1.20. The lowest BCUT2D eigenvalue weighted by Crippen LogP contribution is -2.10. The summed E-state index contributed by atoms with van der Waals surface area (Å²) in [5.41, 5.74) is 7.09. The molecule has 2 rings (SSSR count). The van der Waals surface area contributed by atoms with Gasteiger partial charge in [-0.15, -0.1) is 0 Å². The number of H-pyrrole nitrogens is 1. The highest BCUT2D eigenvalue weighted by Gasteiger charge is 2.09. The number of aromatic nitrogens is 3. The van der Waals surface area contributed by atoms with E-state index in [2.05, 4.69) is 15.0 Å². The van der Waals surface area contributed by atoms with Gasteiger partial charge in [0.1, 0.15) is 17.1 Å². The Kier molecular flexibility index (Phi) is 2.35. The molecule has 0 aromatic carbocycles. The summed E-state index contributed by atoms with van der Waals surface area (Å²) in [6.07, 6.45) is 3.71. The van der Waals surface area contributed by atoms with Crippen LogP contribution in [0.4, 0.5) is 0 Å². The fraction of sp³-hybridized carbons (Fsp3) is 0.125. The van der Waals surface area contributed by atoms with E-state index in [0.717, 1.165) is 10.9 Å². The minimum Gasteiger partial charge on any atom is -0.393 e. The second-order valence-corrected chi connectivity index (χ2v) is 3.73. The number of fused-ring (bicyclic) bond motifs is 1. The van der Waals surface area contributed by atoms with E-state index >= 15 is 0 Å². The van der Waals surface area contributed by atoms with E-state index in [4.69, 9.17) is 29.6 Å². The topological polar surface area (TPSA) is 67.6 Å². The summed E-state index contributed by atoms with van der Waals surface area (Å²) in [6, 6.07) is 0. The van der Waals surface area contributed by atoms with Gasteiger partial charge < -0.3 is 10.7 Å². The molecule has 2 heterocycles. The number of nitrogens with two attached hydrogens (primary N) is 1. The third kappa shape index (κ3) is 1.56. The summed E-state index contributed by atoms with van der Waals surface area (Å²) in [5.74, 6) is 0. The molecule has 0 saturated heterocycles. The van der Waals surface area contributed by atoms with E-state index < -0.39 is 0 Å². The first-order valence-electron chi connectivity index (χ1n) is 3.93. The van der Waals surface area contributed by atoms with Crippen LogP contribution < -0.4 is 5.73 Å². The molecule has 0 fully saturated rings. The third-order valence-electron chi connectivity index (χ3n) is 1.87. The van der Waals surface area contributed by atoms with Gasteiger partial charge in [0.2, 0.25) is 0 Å². The molecule has 0 amide bonds. The van der Waals surface area contributed by atoms with Crippen molar-refractivity contribution in [3.05, 3.63) is 23.2 Å². The number of aromatic amines is 1. The highest BCUT2D eigenvalue weighted by atomic mass is 35.5. The molecule has 0 unspecified atom stereocenters. The van der Waals surface area contributed by atoms with Crippen LogP contribution in [0.5, 0.6) is 0 Å². The van der Waals surface area contributed by atoms with E-state index in [0.29, 0.717) is 22.2 Å². The van der Waals surface area contributed by atoms with Crippen molar-refractivity contribution in [2.24, 2.45) is 5.73 Å². The van der Waals surface area contributed by atoms with Crippen LogP contribution >= 0.6 is 23.8 Å². The van der Waals surface area contributed by atoms with Gasteiger partial charge in [0.25, 0.3) is 0 Å². The van der Waals surface area contributed by atoms with Crippen LogP contribution in [0.15, 0.2) is 12.5 Å². The smallest absolute Gasteiger partial charge is 0.142 e. The molecular weight excluding hydrogens is 220 g/mol. The van der Waals surface area contributed by atoms with Crippen molar-refractivity contribution in [2.45, 2.75) is 6.42 Å². The number of hydrogen-bond acceptors (Lipinski definition) is 3. The quantitative estimate of drug-likeness (QED) is 0.601. The Morgan fingerprint density at radius 3 is 3.07 bits per heavy atom. The molecule has 0 aliphatic heterocycles. The molecule has 0 spiro atoms. The summed E-state index contributed by atoms with van der Waals surface area (Å²) in [6.45, 7) is 0. The molecule has 72 valence electrons. The van der Waals surface area contributed by atoms with Crippen LogP contribution in [0.1, 0.15) is 5.56 Å². The second kappa shape index (κ2) is 3.51. The molecule has 0 radical (unpaired) electrons. The van der Waals surface area contributed by atoms with Crippen LogP contribution in [0, 0.1) is 0 Å². The highest BCUT2D eigenvalue weighted by Crippen LogP contribution is 2.23. The first-order valence-corrected chi connectivity index (χ1v) is 4.72. The molecule has 2 aromatic heterocycles. The molecule has 0 saturated carbocycles. The van der Waals surface area contributed by atoms with Crippen molar-refractivity contribution in [3.8, 4) is 0 Å². The van der Waals surface area contributed by atoms with Crippen LogP contribution in [0.3, 0.4) is 0 Å². The summed E-state index contributed by atoms with van der Waals surface area (Å²) in [7, 11) is 0. The van der Waals surface area contributed by atoms with Crippen molar-refractivity contribution >= 4 is 39.8 Å². The molecule has 3 N–H and O–H groups in total. The van der Waals surface area contributed by atoms with Gasteiger partial charge in [0.05, 0.1) is 10.4 Å². The zero-order valence-corrected chi connectivity index (χ0v) is 8.69. The predicted octanol–water partition coefficient (Wildman–Crippen LogP) is 1.44. The van der Waals surface area contributed by atoms with Crippen LogP contribution in [-0.2, 0) is 6.42 Å². The van der Waals surface area contributed by atoms with Gasteiger partial charge in [-0.2, -0.15) is 0 Å². The van der Waals surface area contributed by atoms with Crippen LogP contribution in [0.25, 0.3) is 11.0 Å². The lowest BCUT2D eigenvalue weighted by molar-refractivity contribution is 1.20. The summed E-state index contributed by atoms with van der Waals surface area (Å²) >= 11 is 10.8. The number of thiocarbonyl (C=S) groups is 1. The molecular formula is C8H7ClN4S. The SMILES string of the molecule is NC(=S)Cc1c[nH]c2ncnc(Cl)c12. The second-order valence-electron chi connectivity index (χ2n) is 2.85. The van der Waals surface area contributed by atoms with Gasteiger partial charge in [0.15, 0.2) is 0 Å². The number of nitrogens with one attached hydrogen (secondary N) is 1. The first kappa shape index (κ1) is 9.36. The molecule has 4 nitrogen and oxygen atoms in total. The third-order valence-corrected chi connectivity index (χ3v) is 2.30. The van der Waals surface area contributed by atoms with Crippen molar-refractivity contribution in [3.63, 3.8) is 0 Å². The van der Waals surface area contributed by atoms with Gasteiger partial charge in [-0.05, 0) is 5.56 Å². The number of nitrogens with zero attached hydrogens (tertiary/aromatic N) is 2. The van der Waals surface area contributed by atoms with Gasteiger partial charge in [-0.25, -0.2) is 9.97 Å². The highest BCUT2D eigenvalue weighted by molar-refractivity contribution is 7.80. The van der Waals surface area contributed by atoms with Crippen molar-refractivity contribution < 1.29 is 0 Å². The zero-order valence-electron chi connectivity index (χ0n) is 7.12. The lowest BCUT2D eigenvalue weighted by atomic mass is 10.2. The monoisotopic (exact) mass is 226 g/mol. The maximum atomic E-state index is 5.93. The van der Waals surface area contributed by atoms with Crippen molar-refractivity contribution in [2.75, 3.05) is 0 Å². The van der Waals surface area contributed by atoms with Crippen molar-refractivity contribution in [1.82, 2.24) is 15.0 Å². The Bertz CT molecular complexity index is 493. The van der Waals surface area contributed by atoms with E-state index in [1.54, 1.807) is 6.20 Å². The zero-order chi connectivity index (χ0) is 10.1. The molecule has 6 heteroatoms. The Labute approximate surface area is 90.5 Å². The van der Waals surface area contributed by atoms with Crippen LogP contribution in [0.2, 0.25) is 5.15 Å². The average Bonchev–Trinajstić information content (AvgIpc) is 2.49. The fourth-order valence-corrected chi connectivity index (χ4v) is 1.72. The standard InChI is InChI=1S/C8H7ClN4S/c9-7-6-4(1-5(10)14)2-11-8(6)13-3-12-7/h2-3H,1H2,(H2,10,14)(H,11,12,13). The summed E-state index contributed by atoms with van der Waals surface area (Å²) in [5, 5.41) is 1.21. The fourth-order valence-electron chi connectivity index (χ4n) is 1.31. The molecule has 0 aliphatic carbocycles. The molecule has 0 atom stereocenters. The summed E-state index contributed by atoms with van der Waals surface area (Å²) in [4.78, 5) is 11.3. The van der Waals surface area contributed by atoms with E-state index in [-0.39, 0.29) is 0 Å². The van der Waals surface area contributed by atoms with E-state index in [1.807, 2.05) is 0 Å². The number of rotatable bonds is 2. The predicted molar refractivity (Wildman–Crippen MR) is 59.4 cm³/mol. The largest absolute Gasteiger partial charge is 0.393 e. The van der Waals surface area contributed by atoms with E-state index in [9.17, 15) is 0 Å². The molecule has 2 aromatic rings. The van der Waals surface area contributed by atoms with Gasteiger partial charge in [0, 0.05) is 12.6 Å². The van der Waals surface area contributed by atoms with Gasteiger partial charge in [-0.1, -0.05) is 23.8 Å². The Morgan fingerprint density at radius 2 is 2.36 bits per heavy atom. The Morgan fingerprint density at radius 1 is 1.57 bits per heavy atom. The molecule has 0 bridgehead atoms.